The monoisotopic (exact) mass is 254 g/mol. The van der Waals surface area contributed by atoms with Gasteiger partial charge in [0.05, 0.1) is 5.69 Å². The number of carboxylic acid groups (broad SMARTS) is 1. The van der Waals surface area contributed by atoms with Gasteiger partial charge in [0.2, 0.25) is 0 Å². The van der Waals surface area contributed by atoms with Gasteiger partial charge in [0.15, 0.2) is 5.69 Å². The van der Waals surface area contributed by atoms with E-state index in [4.69, 9.17) is 5.11 Å². The van der Waals surface area contributed by atoms with Gasteiger partial charge in [-0.25, -0.2) is 9.48 Å². The third-order valence-corrected chi connectivity index (χ3v) is 2.62. The molecule has 0 saturated heterocycles. The standard InChI is InChI=1S/C12H22N4O2/c1-12(2,3)10-9(11(17)18)13-14-16(10)8-6-7-15(4)5/h6-8H2,1-5H3,(H,17,18). The zero-order chi connectivity index (χ0) is 13.9. The maximum atomic E-state index is 11.1. The largest absolute Gasteiger partial charge is 0.476 e. The molecule has 1 rings (SSSR count). The number of aromatic carboxylic acids is 1. The van der Waals surface area contributed by atoms with Gasteiger partial charge in [-0.3, -0.25) is 0 Å². The van der Waals surface area contributed by atoms with Crippen LogP contribution in [-0.4, -0.2) is 51.6 Å². The number of aromatic nitrogens is 3. The maximum Gasteiger partial charge on any atom is 0.358 e. The lowest BCUT2D eigenvalue weighted by molar-refractivity contribution is 0.0687. The first-order valence-electron chi connectivity index (χ1n) is 6.05. The van der Waals surface area contributed by atoms with Crippen LogP contribution in [0.3, 0.4) is 0 Å². The summed E-state index contributed by atoms with van der Waals surface area (Å²) in [6, 6.07) is 0. The maximum absolute atomic E-state index is 11.1. The van der Waals surface area contributed by atoms with Crippen LogP contribution in [-0.2, 0) is 12.0 Å². The summed E-state index contributed by atoms with van der Waals surface area (Å²) in [7, 11) is 4.02. The van der Waals surface area contributed by atoms with Crippen molar-refractivity contribution in [3.05, 3.63) is 11.4 Å². The molecule has 0 fully saturated rings. The number of nitrogens with zero attached hydrogens (tertiary/aromatic N) is 4. The Labute approximate surface area is 108 Å². The molecule has 1 N–H and O–H groups in total. The van der Waals surface area contributed by atoms with Crippen molar-refractivity contribution in [2.45, 2.75) is 39.2 Å². The van der Waals surface area contributed by atoms with Gasteiger partial charge in [0.1, 0.15) is 0 Å². The second kappa shape index (κ2) is 5.48. The normalized spacial score (nSPS) is 12.1. The van der Waals surface area contributed by atoms with Gasteiger partial charge in [-0.05, 0) is 27.1 Å². The van der Waals surface area contributed by atoms with E-state index in [1.165, 1.54) is 0 Å². The molecule has 0 amide bonds. The molecule has 0 aliphatic heterocycles. The third kappa shape index (κ3) is 3.53. The van der Waals surface area contributed by atoms with Crippen LogP contribution in [0, 0.1) is 0 Å². The number of aryl methyl sites for hydroxylation is 1. The lowest BCUT2D eigenvalue weighted by Gasteiger charge is -2.20. The van der Waals surface area contributed by atoms with Crippen molar-refractivity contribution in [3.8, 4) is 0 Å². The lowest BCUT2D eigenvalue weighted by Crippen LogP contribution is -2.23. The van der Waals surface area contributed by atoms with Gasteiger partial charge >= 0.3 is 5.97 Å². The molecule has 102 valence electrons. The highest BCUT2D eigenvalue weighted by Crippen LogP contribution is 2.24. The Balaban J connectivity index is 2.95. The average molecular weight is 254 g/mol. The summed E-state index contributed by atoms with van der Waals surface area (Å²) in [5.41, 5.74) is 0.469. The first-order valence-corrected chi connectivity index (χ1v) is 6.05. The van der Waals surface area contributed by atoms with Gasteiger partial charge in [0.25, 0.3) is 0 Å². The Morgan fingerprint density at radius 2 is 2.00 bits per heavy atom. The minimum atomic E-state index is -1.02. The highest BCUT2D eigenvalue weighted by atomic mass is 16.4. The molecular weight excluding hydrogens is 232 g/mol. The molecule has 0 unspecified atom stereocenters. The van der Waals surface area contributed by atoms with E-state index >= 15 is 0 Å². The molecule has 0 bridgehead atoms. The van der Waals surface area contributed by atoms with Crippen molar-refractivity contribution in [2.24, 2.45) is 0 Å². The molecule has 6 heteroatoms. The molecule has 0 aromatic carbocycles. The number of hydrogen-bond acceptors (Lipinski definition) is 4. The summed E-state index contributed by atoms with van der Waals surface area (Å²) in [6.45, 7) is 7.54. The van der Waals surface area contributed by atoms with E-state index in [2.05, 4.69) is 15.2 Å². The van der Waals surface area contributed by atoms with E-state index < -0.39 is 5.97 Å². The molecule has 1 aromatic heterocycles. The third-order valence-electron chi connectivity index (χ3n) is 2.62. The Morgan fingerprint density at radius 3 is 2.44 bits per heavy atom. The molecular formula is C12H22N4O2. The molecule has 0 saturated carbocycles. The van der Waals surface area contributed by atoms with Gasteiger partial charge in [-0.2, -0.15) is 0 Å². The van der Waals surface area contributed by atoms with Crippen molar-refractivity contribution in [2.75, 3.05) is 20.6 Å². The number of rotatable bonds is 5. The van der Waals surface area contributed by atoms with E-state index in [-0.39, 0.29) is 11.1 Å². The van der Waals surface area contributed by atoms with Crippen LogP contribution in [0.1, 0.15) is 43.4 Å². The average Bonchev–Trinajstić information content (AvgIpc) is 2.60. The van der Waals surface area contributed by atoms with E-state index in [0.717, 1.165) is 13.0 Å². The van der Waals surface area contributed by atoms with Gasteiger partial charge in [-0.1, -0.05) is 26.0 Å². The first kappa shape index (κ1) is 14.6. The summed E-state index contributed by atoms with van der Waals surface area (Å²) < 4.78 is 1.72. The van der Waals surface area contributed by atoms with Crippen LogP contribution in [0.25, 0.3) is 0 Å². The Morgan fingerprint density at radius 1 is 1.39 bits per heavy atom. The highest BCUT2D eigenvalue weighted by Gasteiger charge is 2.28. The van der Waals surface area contributed by atoms with E-state index in [1.54, 1.807) is 4.68 Å². The molecule has 0 aliphatic rings. The van der Waals surface area contributed by atoms with Gasteiger partial charge in [-0.15, -0.1) is 5.10 Å². The summed E-state index contributed by atoms with van der Waals surface area (Å²) in [4.78, 5) is 13.2. The van der Waals surface area contributed by atoms with E-state index in [9.17, 15) is 4.79 Å². The zero-order valence-electron chi connectivity index (χ0n) is 11.8. The summed E-state index contributed by atoms with van der Waals surface area (Å²) in [5, 5.41) is 16.9. The zero-order valence-corrected chi connectivity index (χ0v) is 11.8. The summed E-state index contributed by atoms with van der Waals surface area (Å²) in [5.74, 6) is -1.02. The van der Waals surface area contributed by atoms with E-state index in [0.29, 0.717) is 12.2 Å². The van der Waals surface area contributed by atoms with Crippen LogP contribution in [0.15, 0.2) is 0 Å². The molecule has 0 spiro atoms. The SMILES string of the molecule is CN(C)CCCn1nnc(C(=O)O)c1C(C)(C)C. The van der Waals surface area contributed by atoms with Crippen LogP contribution >= 0.6 is 0 Å². The number of hydrogen-bond donors (Lipinski definition) is 1. The number of carbonyl (C=O) groups is 1. The molecule has 0 atom stereocenters. The molecule has 1 aromatic rings. The van der Waals surface area contributed by atoms with E-state index in [1.807, 2.05) is 34.9 Å². The second-order valence-corrected chi connectivity index (χ2v) is 5.72. The lowest BCUT2D eigenvalue weighted by atomic mass is 9.90. The van der Waals surface area contributed by atoms with Crippen LogP contribution < -0.4 is 0 Å². The predicted molar refractivity (Wildman–Crippen MR) is 68.9 cm³/mol. The van der Waals surface area contributed by atoms with Crippen molar-refractivity contribution in [1.29, 1.82) is 0 Å². The molecule has 6 nitrogen and oxygen atoms in total. The van der Waals surface area contributed by atoms with Crippen molar-refractivity contribution >= 4 is 5.97 Å². The predicted octanol–water partition coefficient (Wildman–Crippen LogP) is 1.23. The Kier molecular flexibility index (Phi) is 4.45. The smallest absolute Gasteiger partial charge is 0.358 e. The molecule has 1 heterocycles. The van der Waals surface area contributed by atoms with Crippen molar-refractivity contribution in [3.63, 3.8) is 0 Å². The van der Waals surface area contributed by atoms with Gasteiger partial charge < -0.3 is 10.0 Å². The Bertz CT molecular complexity index is 418. The molecule has 0 radical (unpaired) electrons. The topological polar surface area (TPSA) is 71.2 Å². The number of carboxylic acids is 1. The first-order chi connectivity index (χ1) is 8.23. The summed E-state index contributed by atoms with van der Waals surface area (Å²) in [6.07, 6.45) is 0.915. The summed E-state index contributed by atoms with van der Waals surface area (Å²) >= 11 is 0. The fourth-order valence-electron chi connectivity index (χ4n) is 1.89. The fraction of sp³-hybridized carbons (Fsp3) is 0.750. The van der Waals surface area contributed by atoms with Crippen LogP contribution in [0.4, 0.5) is 0 Å². The van der Waals surface area contributed by atoms with Crippen LogP contribution in [0.2, 0.25) is 0 Å². The quantitative estimate of drug-likeness (QED) is 0.855. The molecule has 0 aliphatic carbocycles. The minimum Gasteiger partial charge on any atom is -0.476 e. The second-order valence-electron chi connectivity index (χ2n) is 5.72. The Hall–Kier alpha value is -1.43. The molecule has 18 heavy (non-hydrogen) atoms. The van der Waals surface area contributed by atoms with Gasteiger partial charge in [0, 0.05) is 12.0 Å². The highest BCUT2D eigenvalue weighted by molar-refractivity contribution is 5.86. The van der Waals surface area contributed by atoms with Crippen molar-refractivity contribution < 1.29 is 9.90 Å². The fourth-order valence-corrected chi connectivity index (χ4v) is 1.89. The van der Waals surface area contributed by atoms with Crippen molar-refractivity contribution in [1.82, 2.24) is 19.9 Å². The van der Waals surface area contributed by atoms with Crippen LogP contribution in [0.5, 0.6) is 0 Å². The minimum absolute atomic E-state index is 0.0624.